The second-order valence-corrected chi connectivity index (χ2v) is 4.80. The summed E-state index contributed by atoms with van der Waals surface area (Å²) in [7, 11) is 0. The molecule has 2 aromatic carbocycles. The first-order valence-electron chi connectivity index (χ1n) is 5.80. The van der Waals surface area contributed by atoms with Gasteiger partial charge in [0.1, 0.15) is 5.82 Å². The van der Waals surface area contributed by atoms with E-state index in [4.69, 9.17) is 23.2 Å². The Morgan fingerprint density at radius 2 is 1.43 bits per heavy atom. The molecule has 0 heterocycles. The van der Waals surface area contributed by atoms with Gasteiger partial charge in [-0.2, -0.15) is 0 Å². The van der Waals surface area contributed by atoms with Crippen LogP contribution in [0.4, 0.5) is 4.39 Å². The van der Waals surface area contributed by atoms with Crippen LogP contribution in [-0.2, 0) is 0 Å². The van der Waals surface area contributed by atoms with Crippen LogP contribution in [0.15, 0.2) is 42.5 Å². The average molecular weight is 327 g/mol. The lowest BCUT2D eigenvalue weighted by Gasteiger charge is -2.10. The van der Waals surface area contributed by atoms with Gasteiger partial charge in [0, 0.05) is 0 Å². The summed E-state index contributed by atoms with van der Waals surface area (Å²) < 4.78 is 13.4. The average Bonchev–Trinajstić information content (AvgIpc) is 2.45. The molecule has 0 fully saturated rings. The maximum atomic E-state index is 13.4. The van der Waals surface area contributed by atoms with Gasteiger partial charge in [0.05, 0.1) is 21.2 Å². The molecule has 2 aromatic rings. The van der Waals surface area contributed by atoms with Gasteiger partial charge in [0.25, 0.3) is 11.8 Å². The zero-order valence-corrected chi connectivity index (χ0v) is 12.0. The van der Waals surface area contributed by atoms with Gasteiger partial charge in [-0.25, -0.2) is 4.39 Å². The zero-order valence-electron chi connectivity index (χ0n) is 10.5. The van der Waals surface area contributed by atoms with Crippen molar-refractivity contribution < 1.29 is 14.0 Å². The summed E-state index contributed by atoms with van der Waals surface area (Å²) in [5, 5.41) is 0.278. The highest BCUT2D eigenvalue weighted by Gasteiger charge is 2.16. The number of benzene rings is 2. The first-order chi connectivity index (χ1) is 10.0. The van der Waals surface area contributed by atoms with Crippen LogP contribution in [0.2, 0.25) is 10.0 Å². The van der Waals surface area contributed by atoms with Crippen molar-refractivity contribution in [1.29, 1.82) is 0 Å². The third kappa shape index (κ3) is 3.51. The molecule has 0 aliphatic heterocycles. The second-order valence-electron chi connectivity index (χ2n) is 3.98. The molecule has 0 saturated heterocycles. The number of amides is 2. The minimum Gasteiger partial charge on any atom is -0.267 e. The smallest absolute Gasteiger partial charge is 0.267 e. The summed E-state index contributed by atoms with van der Waals surface area (Å²) in [6, 6.07) is 9.95. The highest BCUT2D eigenvalue weighted by Crippen LogP contribution is 2.23. The number of halogens is 3. The largest absolute Gasteiger partial charge is 0.272 e. The predicted octanol–water partition coefficient (Wildman–Crippen LogP) is 3.21. The number of hydrogen-bond acceptors (Lipinski definition) is 2. The molecule has 0 atom stereocenters. The summed E-state index contributed by atoms with van der Waals surface area (Å²) in [4.78, 5) is 23.7. The Morgan fingerprint density at radius 1 is 0.857 bits per heavy atom. The topological polar surface area (TPSA) is 58.2 Å². The third-order valence-corrected chi connectivity index (χ3v) is 3.23. The van der Waals surface area contributed by atoms with Gasteiger partial charge in [0.2, 0.25) is 0 Å². The normalized spacial score (nSPS) is 10.0. The predicted molar refractivity (Wildman–Crippen MR) is 77.8 cm³/mol. The first kappa shape index (κ1) is 15.3. The Morgan fingerprint density at radius 3 is 2.05 bits per heavy atom. The standard InChI is InChI=1S/C14H9Cl2FN2O2/c15-9-5-3-6-10(16)12(9)14(21)19-18-13(20)8-4-1-2-7-11(8)17/h1-7H,(H,18,20)(H,19,21). The van der Waals surface area contributed by atoms with Crippen molar-refractivity contribution in [2.24, 2.45) is 0 Å². The van der Waals surface area contributed by atoms with Gasteiger partial charge >= 0.3 is 0 Å². The van der Waals surface area contributed by atoms with Gasteiger partial charge in [0.15, 0.2) is 0 Å². The lowest BCUT2D eigenvalue weighted by molar-refractivity contribution is 0.0844. The van der Waals surface area contributed by atoms with E-state index < -0.39 is 17.6 Å². The van der Waals surface area contributed by atoms with Crippen LogP contribution in [0.5, 0.6) is 0 Å². The van der Waals surface area contributed by atoms with E-state index in [0.717, 1.165) is 6.07 Å². The molecule has 108 valence electrons. The Labute approximate surface area is 129 Å². The Bertz CT molecular complexity index is 687. The van der Waals surface area contributed by atoms with E-state index >= 15 is 0 Å². The third-order valence-electron chi connectivity index (χ3n) is 2.60. The van der Waals surface area contributed by atoms with E-state index in [1.54, 1.807) is 6.07 Å². The van der Waals surface area contributed by atoms with Crippen LogP contribution in [0.1, 0.15) is 20.7 Å². The summed E-state index contributed by atoms with van der Waals surface area (Å²) >= 11 is 11.7. The fourth-order valence-corrected chi connectivity index (χ4v) is 2.17. The van der Waals surface area contributed by atoms with Crippen molar-refractivity contribution in [3.8, 4) is 0 Å². The van der Waals surface area contributed by atoms with Crippen LogP contribution in [0.25, 0.3) is 0 Å². The van der Waals surface area contributed by atoms with Gasteiger partial charge in [-0.05, 0) is 24.3 Å². The molecule has 7 heteroatoms. The Balaban J connectivity index is 2.08. The molecule has 21 heavy (non-hydrogen) atoms. The number of nitrogens with one attached hydrogen (secondary N) is 2. The van der Waals surface area contributed by atoms with Gasteiger partial charge in [-0.3, -0.25) is 20.4 Å². The minimum atomic E-state index is -0.787. The number of rotatable bonds is 2. The molecule has 0 aliphatic rings. The summed E-state index contributed by atoms with van der Waals surface area (Å²) in [6.45, 7) is 0. The maximum Gasteiger partial charge on any atom is 0.272 e. The first-order valence-corrected chi connectivity index (χ1v) is 6.55. The molecule has 2 N–H and O–H groups in total. The molecule has 0 aliphatic carbocycles. The molecule has 0 saturated carbocycles. The Kier molecular flexibility index (Phi) is 4.77. The summed E-state index contributed by atoms with van der Waals surface area (Å²) in [5.41, 5.74) is 4.06. The minimum absolute atomic E-state index is 0.0228. The van der Waals surface area contributed by atoms with E-state index in [-0.39, 0.29) is 21.2 Å². The molecule has 0 bridgehead atoms. The van der Waals surface area contributed by atoms with Crippen molar-refractivity contribution in [1.82, 2.24) is 10.9 Å². The molecule has 0 spiro atoms. The van der Waals surface area contributed by atoms with Crippen LogP contribution in [0.3, 0.4) is 0 Å². The fraction of sp³-hybridized carbons (Fsp3) is 0. The van der Waals surface area contributed by atoms with Gasteiger partial charge in [-0.1, -0.05) is 41.4 Å². The molecule has 2 rings (SSSR count). The lowest BCUT2D eigenvalue weighted by Crippen LogP contribution is -2.42. The number of hydrogen-bond donors (Lipinski definition) is 2. The highest BCUT2D eigenvalue weighted by molar-refractivity contribution is 6.39. The van der Waals surface area contributed by atoms with Crippen LogP contribution < -0.4 is 10.9 Å². The number of carbonyl (C=O) groups is 2. The number of hydrazine groups is 1. The maximum absolute atomic E-state index is 13.4. The Hall–Kier alpha value is -2.11. The molecule has 0 aromatic heterocycles. The van der Waals surface area contributed by atoms with Crippen LogP contribution in [-0.4, -0.2) is 11.8 Å². The van der Waals surface area contributed by atoms with Crippen molar-refractivity contribution in [2.75, 3.05) is 0 Å². The quantitative estimate of drug-likeness (QED) is 0.832. The van der Waals surface area contributed by atoms with Crippen molar-refractivity contribution >= 4 is 35.0 Å². The van der Waals surface area contributed by atoms with E-state index in [9.17, 15) is 14.0 Å². The number of carbonyl (C=O) groups excluding carboxylic acids is 2. The fourth-order valence-electron chi connectivity index (χ4n) is 1.60. The van der Waals surface area contributed by atoms with Crippen molar-refractivity contribution in [2.45, 2.75) is 0 Å². The van der Waals surface area contributed by atoms with Crippen LogP contribution in [0, 0.1) is 5.82 Å². The molecule has 0 unspecified atom stereocenters. The van der Waals surface area contributed by atoms with E-state index in [1.165, 1.54) is 30.3 Å². The van der Waals surface area contributed by atoms with Crippen molar-refractivity contribution in [3.63, 3.8) is 0 Å². The molecular weight excluding hydrogens is 318 g/mol. The summed E-state index contributed by atoms with van der Waals surface area (Å²) in [5.74, 6) is -2.18. The van der Waals surface area contributed by atoms with E-state index in [1.807, 2.05) is 0 Å². The lowest BCUT2D eigenvalue weighted by atomic mass is 10.2. The highest BCUT2D eigenvalue weighted by atomic mass is 35.5. The molecule has 4 nitrogen and oxygen atoms in total. The second kappa shape index (κ2) is 6.56. The van der Waals surface area contributed by atoms with E-state index in [0.29, 0.717) is 0 Å². The van der Waals surface area contributed by atoms with Gasteiger partial charge in [-0.15, -0.1) is 0 Å². The van der Waals surface area contributed by atoms with Gasteiger partial charge < -0.3 is 0 Å². The zero-order chi connectivity index (χ0) is 15.4. The van der Waals surface area contributed by atoms with Crippen molar-refractivity contribution in [3.05, 3.63) is 69.5 Å². The van der Waals surface area contributed by atoms with E-state index in [2.05, 4.69) is 10.9 Å². The summed E-state index contributed by atoms with van der Waals surface area (Å²) in [6.07, 6.45) is 0. The molecule has 2 amide bonds. The monoisotopic (exact) mass is 326 g/mol. The van der Waals surface area contributed by atoms with Crippen LogP contribution >= 0.6 is 23.2 Å². The molecule has 0 radical (unpaired) electrons. The molecular formula is C14H9Cl2FN2O2. The SMILES string of the molecule is O=C(NNC(=O)c1c(Cl)cccc1Cl)c1ccccc1F.